The van der Waals surface area contributed by atoms with Crippen LogP contribution in [-0.2, 0) is 13.2 Å². The summed E-state index contributed by atoms with van der Waals surface area (Å²) in [5, 5.41) is 12.6. The van der Waals surface area contributed by atoms with Gasteiger partial charge in [0.2, 0.25) is 0 Å². The van der Waals surface area contributed by atoms with E-state index in [4.69, 9.17) is 9.84 Å². The van der Waals surface area contributed by atoms with Gasteiger partial charge in [-0.15, -0.1) is 0 Å². The van der Waals surface area contributed by atoms with Crippen molar-refractivity contribution in [2.75, 3.05) is 7.11 Å². The summed E-state index contributed by atoms with van der Waals surface area (Å²) in [5.41, 5.74) is 4.50. The van der Waals surface area contributed by atoms with Crippen LogP contribution >= 0.6 is 0 Å². The molecule has 0 fully saturated rings. The highest BCUT2D eigenvalue weighted by atomic mass is 16.5. The summed E-state index contributed by atoms with van der Waals surface area (Å²) in [6, 6.07) is 14.5. The van der Waals surface area contributed by atoms with Crippen molar-refractivity contribution in [3.8, 4) is 5.75 Å². The third-order valence-electron chi connectivity index (χ3n) is 3.67. The molecule has 3 heteroatoms. The number of ether oxygens (including phenoxy) is 1. The smallest absolute Gasteiger partial charge is 0.123 e. The summed E-state index contributed by atoms with van der Waals surface area (Å²) in [6.45, 7) is 5.07. The van der Waals surface area contributed by atoms with Gasteiger partial charge in [-0.05, 0) is 36.6 Å². The molecule has 2 aromatic rings. The zero-order chi connectivity index (χ0) is 15.2. The zero-order valence-electron chi connectivity index (χ0n) is 12.9. The molecule has 1 unspecified atom stereocenters. The van der Waals surface area contributed by atoms with Crippen LogP contribution in [0.15, 0.2) is 42.5 Å². The zero-order valence-corrected chi connectivity index (χ0v) is 12.9. The molecule has 0 aliphatic carbocycles. The van der Waals surface area contributed by atoms with Crippen LogP contribution in [0.5, 0.6) is 5.75 Å². The van der Waals surface area contributed by atoms with Crippen LogP contribution in [0, 0.1) is 6.92 Å². The standard InChI is InChI=1S/C18H23NO2/c1-13-4-9-17(18(10-13)21-3)14(2)19-11-15-5-7-16(12-20)8-6-15/h4-10,14,19-20H,11-12H2,1-3H3. The van der Waals surface area contributed by atoms with Crippen LogP contribution in [-0.4, -0.2) is 12.2 Å². The Morgan fingerprint density at radius 3 is 2.38 bits per heavy atom. The molecule has 0 aliphatic heterocycles. The molecule has 0 aliphatic rings. The number of methoxy groups -OCH3 is 1. The normalized spacial score (nSPS) is 12.2. The highest BCUT2D eigenvalue weighted by Gasteiger charge is 2.11. The maximum Gasteiger partial charge on any atom is 0.123 e. The van der Waals surface area contributed by atoms with E-state index in [1.807, 2.05) is 24.3 Å². The third-order valence-corrected chi connectivity index (χ3v) is 3.67. The molecular formula is C18H23NO2. The van der Waals surface area contributed by atoms with Gasteiger partial charge in [0, 0.05) is 18.2 Å². The van der Waals surface area contributed by atoms with Crippen molar-refractivity contribution in [1.82, 2.24) is 5.32 Å². The Bertz CT molecular complexity index is 578. The first kappa shape index (κ1) is 15.5. The number of aliphatic hydroxyl groups excluding tert-OH is 1. The van der Waals surface area contributed by atoms with Crippen LogP contribution in [0.25, 0.3) is 0 Å². The number of nitrogens with one attached hydrogen (secondary N) is 1. The lowest BCUT2D eigenvalue weighted by atomic mass is 10.0. The van der Waals surface area contributed by atoms with Crippen molar-refractivity contribution in [1.29, 1.82) is 0 Å². The van der Waals surface area contributed by atoms with Gasteiger partial charge in [0.05, 0.1) is 13.7 Å². The third kappa shape index (κ3) is 4.06. The first-order chi connectivity index (χ1) is 10.1. The van der Waals surface area contributed by atoms with E-state index in [-0.39, 0.29) is 12.6 Å². The molecule has 0 amide bonds. The molecule has 0 bridgehead atoms. The fourth-order valence-corrected chi connectivity index (χ4v) is 2.32. The Hall–Kier alpha value is -1.84. The topological polar surface area (TPSA) is 41.5 Å². The van der Waals surface area contributed by atoms with Crippen molar-refractivity contribution < 1.29 is 9.84 Å². The molecule has 2 aromatic carbocycles. The van der Waals surface area contributed by atoms with Crippen LogP contribution < -0.4 is 10.1 Å². The molecule has 0 spiro atoms. The Labute approximate surface area is 126 Å². The van der Waals surface area contributed by atoms with Gasteiger partial charge in [-0.2, -0.15) is 0 Å². The number of benzene rings is 2. The van der Waals surface area contributed by atoms with Gasteiger partial charge >= 0.3 is 0 Å². The first-order valence-corrected chi connectivity index (χ1v) is 7.20. The van der Waals surface area contributed by atoms with Crippen LogP contribution in [0.4, 0.5) is 0 Å². The molecular weight excluding hydrogens is 262 g/mol. The summed E-state index contributed by atoms with van der Waals surface area (Å²) < 4.78 is 5.46. The van der Waals surface area contributed by atoms with E-state index in [1.165, 1.54) is 11.1 Å². The van der Waals surface area contributed by atoms with Gasteiger partial charge in [0.1, 0.15) is 5.75 Å². The monoisotopic (exact) mass is 285 g/mol. The minimum absolute atomic E-state index is 0.0880. The molecule has 0 aromatic heterocycles. The predicted octanol–water partition coefficient (Wildman–Crippen LogP) is 3.35. The lowest BCUT2D eigenvalue weighted by Gasteiger charge is -2.18. The molecule has 21 heavy (non-hydrogen) atoms. The van der Waals surface area contributed by atoms with Gasteiger partial charge in [-0.25, -0.2) is 0 Å². The number of hydrogen-bond donors (Lipinski definition) is 2. The van der Waals surface area contributed by atoms with Crippen molar-refractivity contribution in [3.05, 3.63) is 64.7 Å². The Morgan fingerprint density at radius 2 is 1.76 bits per heavy atom. The highest BCUT2D eigenvalue weighted by molar-refractivity contribution is 5.39. The molecule has 2 N–H and O–H groups in total. The average molecular weight is 285 g/mol. The summed E-state index contributed by atoms with van der Waals surface area (Å²) in [5.74, 6) is 0.922. The van der Waals surface area contributed by atoms with Crippen molar-refractivity contribution in [2.45, 2.75) is 33.0 Å². The minimum Gasteiger partial charge on any atom is -0.496 e. The van der Waals surface area contributed by atoms with E-state index in [9.17, 15) is 0 Å². The van der Waals surface area contributed by atoms with Crippen LogP contribution in [0.1, 0.15) is 35.2 Å². The van der Waals surface area contributed by atoms with E-state index in [0.717, 1.165) is 23.4 Å². The van der Waals surface area contributed by atoms with E-state index in [2.05, 4.69) is 37.4 Å². The molecule has 0 heterocycles. The SMILES string of the molecule is COc1cc(C)ccc1C(C)NCc1ccc(CO)cc1. The van der Waals surface area contributed by atoms with Gasteiger partial charge in [0.15, 0.2) is 0 Å². The minimum atomic E-state index is 0.0880. The average Bonchev–Trinajstić information content (AvgIpc) is 2.52. The number of aryl methyl sites for hydroxylation is 1. The number of aliphatic hydroxyl groups is 1. The summed E-state index contributed by atoms with van der Waals surface area (Å²) in [4.78, 5) is 0. The van der Waals surface area contributed by atoms with Crippen LogP contribution in [0.2, 0.25) is 0 Å². The van der Waals surface area contributed by atoms with Crippen molar-refractivity contribution >= 4 is 0 Å². The number of hydrogen-bond acceptors (Lipinski definition) is 3. The second kappa shape index (κ2) is 7.25. The van der Waals surface area contributed by atoms with Gasteiger partial charge in [-0.1, -0.05) is 36.4 Å². The number of rotatable bonds is 6. The molecule has 0 saturated heterocycles. The second-order valence-corrected chi connectivity index (χ2v) is 5.32. The lowest BCUT2D eigenvalue weighted by molar-refractivity contribution is 0.282. The molecule has 3 nitrogen and oxygen atoms in total. The largest absolute Gasteiger partial charge is 0.496 e. The summed E-state index contributed by atoms with van der Waals surface area (Å²) in [7, 11) is 1.71. The lowest BCUT2D eigenvalue weighted by Crippen LogP contribution is -2.18. The Morgan fingerprint density at radius 1 is 1.10 bits per heavy atom. The van der Waals surface area contributed by atoms with Gasteiger partial charge < -0.3 is 15.2 Å². The predicted molar refractivity (Wildman–Crippen MR) is 85.4 cm³/mol. The van der Waals surface area contributed by atoms with Crippen molar-refractivity contribution in [2.24, 2.45) is 0 Å². The Kier molecular flexibility index (Phi) is 5.37. The van der Waals surface area contributed by atoms with E-state index in [0.29, 0.717) is 0 Å². The van der Waals surface area contributed by atoms with Crippen LogP contribution in [0.3, 0.4) is 0 Å². The molecule has 0 radical (unpaired) electrons. The maximum absolute atomic E-state index is 9.05. The van der Waals surface area contributed by atoms with E-state index in [1.54, 1.807) is 7.11 Å². The van der Waals surface area contributed by atoms with Gasteiger partial charge in [0.25, 0.3) is 0 Å². The fourth-order valence-electron chi connectivity index (χ4n) is 2.32. The molecule has 112 valence electrons. The van der Waals surface area contributed by atoms with Crippen molar-refractivity contribution in [3.63, 3.8) is 0 Å². The summed E-state index contributed by atoms with van der Waals surface area (Å²) >= 11 is 0. The fraction of sp³-hybridized carbons (Fsp3) is 0.333. The first-order valence-electron chi connectivity index (χ1n) is 7.20. The van der Waals surface area contributed by atoms with E-state index < -0.39 is 0 Å². The quantitative estimate of drug-likeness (QED) is 0.855. The Balaban J connectivity index is 2.02. The molecule has 2 rings (SSSR count). The maximum atomic E-state index is 9.05. The van der Waals surface area contributed by atoms with E-state index >= 15 is 0 Å². The highest BCUT2D eigenvalue weighted by Crippen LogP contribution is 2.26. The molecule has 0 saturated carbocycles. The van der Waals surface area contributed by atoms with Gasteiger partial charge in [-0.3, -0.25) is 0 Å². The molecule has 1 atom stereocenters. The second-order valence-electron chi connectivity index (χ2n) is 5.32. The summed E-state index contributed by atoms with van der Waals surface area (Å²) in [6.07, 6.45) is 0.